The second kappa shape index (κ2) is 3.97. The molecule has 59 valence electrons. The van der Waals surface area contributed by atoms with Gasteiger partial charge in [-0.25, -0.2) is 0 Å². The van der Waals surface area contributed by atoms with E-state index in [0.29, 0.717) is 0 Å². The van der Waals surface area contributed by atoms with E-state index >= 15 is 0 Å². The van der Waals surface area contributed by atoms with Crippen LogP contribution in [0, 0.1) is 18.8 Å². The van der Waals surface area contributed by atoms with Crippen LogP contribution in [0.4, 0.5) is 0 Å². The molecule has 1 rings (SSSR count). The van der Waals surface area contributed by atoms with E-state index in [0.717, 1.165) is 18.4 Å². The molecule has 1 aliphatic carbocycles. The Bertz CT molecular complexity index is 82.7. The van der Waals surface area contributed by atoms with Crippen molar-refractivity contribution in [2.45, 2.75) is 32.1 Å². The van der Waals surface area contributed by atoms with Gasteiger partial charge in [-0.2, -0.15) is 0 Å². The van der Waals surface area contributed by atoms with Crippen molar-refractivity contribution < 1.29 is 0 Å². The summed E-state index contributed by atoms with van der Waals surface area (Å²) in [6.45, 7) is 4.93. The van der Waals surface area contributed by atoms with Crippen LogP contribution < -0.4 is 5.73 Å². The number of hydrogen-bond acceptors (Lipinski definition) is 1. The highest BCUT2D eigenvalue weighted by molar-refractivity contribution is 4.73. The van der Waals surface area contributed by atoms with Gasteiger partial charge in [0.2, 0.25) is 0 Å². The number of rotatable bonds is 2. The molecule has 1 heteroatoms. The van der Waals surface area contributed by atoms with E-state index in [1.54, 1.807) is 0 Å². The molecule has 0 bridgehead atoms. The molecule has 0 aromatic rings. The quantitative estimate of drug-likeness (QED) is 0.623. The van der Waals surface area contributed by atoms with Crippen molar-refractivity contribution in [1.82, 2.24) is 0 Å². The van der Waals surface area contributed by atoms with Gasteiger partial charge in [-0.1, -0.05) is 32.6 Å². The van der Waals surface area contributed by atoms with Crippen molar-refractivity contribution >= 4 is 0 Å². The monoisotopic (exact) mass is 140 g/mol. The SMILES string of the molecule is [CH2]C1CCC(CCN)CC1. The van der Waals surface area contributed by atoms with Gasteiger partial charge in [0, 0.05) is 0 Å². The number of hydrogen-bond donors (Lipinski definition) is 1. The van der Waals surface area contributed by atoms with Crippen LogP contribution in [0.1, 0.15) is 32.1 Å². The third-order valence-corrected chi connectivity index (χ3v) is 2.54. The first-order valence-corrected chi connectivity index (χ1v) is 4.36. The predicted octanol–water partition coefficient (Wildman–Crippen LogP) is 1.98. The summed E-state index contributed by atoms with van der Waals surface area (Å²) in [5.74, 6) is 1.65. The zero-order chi connectivity index (χ0) is 7.40. The normalized spacial score (nSPS) is 34.2. The van der Waals surface area contributed by atoms with Crippen molar-refractivity contribution in [1.29, 1.82) is 0 Å². The Morgan fingerprint density at radius 2 is 1.80 bits per heavy atom. The van der Waals surface area contributed by atoms with Gasteiger partial charge in [-0.3, -0.25) is 0 Å². The molecule has 0 spiro atoms. The van der Waals surface area contributed by atoms with Crippen LogP contribution in [-0.4, -0.2) is 6.54 Å². The smallest absolute Gasteiger partial charge is 0.00746 e. The van der Waals surface area contributed by atoms with Gasteiger partial charge < -0.3 is 5.73 Å². The summed E-state index contributed by atoms with van der Waals surface area (Å²) in [7, 11) is 0. The van der Waals surface area contributed by atoms with Crippen molar-refractivity contribution in [3.8, 4) is 0 Å². The summed E-state index contributed by atoms with van der Waals surface area (Å²) in [4.78, 5) is 0. The molecule has 1 fully saturated rings. The molecule has 2 N–H and O–H groups in total. The maximum Gasteiger partial charge on any atom is -0.00746 e. The van der Waals surface area contributed by atoms with Gasteiger partial charge in [0.1, 0.15) is 0 Å². The minimum Gasteiger partial charge on any atom is -0.330 e. The third-order valence-electron chi connectivity index (χ3n) is 2.54. The lowest BCUT2D eigenvalue weighted by Gasteiger charge is -2.25. The van der Waals surface area contributed by atoms with Crippen molar-refractivity contribution in [3.05, 3.63) is 6.92 Å². The lowest BCUT2D eigenvalue weighted by Crippen LogP contribution is -2.15. The molecular weight excluding hydrogens is 122 g/mol. The standard InChI is InChI=1S/C9H18N/c1-8-2-4-9(5-3-8)6-7-10/h8-9H,1-7,10H2. The predicted molar refractivity (Wildman–Crippen MR) is 44.5 cm³/mol. The highest BCUT2D eigenvalue weighted by Gasteiger charge is 2.16. The molecule has 0 aromatic carbocycles. The molecule has 1 saturated carbocycles. The first-order valence-electron chi connectivity index (χ1n) is 4.36. The Morgan fingerprint density at radius 1 is 1.20 bits per heavy atom. The van der Waals surface area contributed by atoms with Crippen molar-refractivity contribution in [3.63, 3.8) is 0 Å². The summed E-state index contributed by atoms with van der Waals surface area (Å²) < 4.78 is 0. The van der Waals surface area contributed by atoms with Crippen LogP contribution in [0.25, 0.3) is 0 Å². The second-order valence-corrected chi connectivity index (χ2v) is 3.46. The topological polar surface area (TPSA) is 26.0 Å². The van der Waals surface area contributed by atoms with E-state index in [1.165, 1.54) is 32.1 Å². The van der Waals surface area contributed by atoms with Crippen molar-refractivity contribution in [2.24, 2.45) is 17.6 Å². The Labute approximate surface area is 64.0 Å². The molecule has 0 atom stereocenters. The number of nitrogens with two attached hydrogens (primary N) is 1. The van der Waals surface area contributed by atoms with Gasteiger partial charge in [0.15, 0.2) is 0 Å². The van der Waals surface area contributed by atoms with Crippen LogP contribution in [0.15, 0.2) is 0 Å². The van der Waals surface area contributed by atoms with Gasteiger partial charge in [-0.05, 0) is 24.8 Å². The third kappa shape index (κ3) is 2.30. The summed E-state index contributed by atoms with van der Waals surface area (Å²) in [5.41, 5.74) is 5.48. The highest BCUT2D eigenvalue weighted by Crippen LogP contribution is 2.29. The van der Waals surface area contributed by atoms with Gasteiger partial charge in [-0.15, -0.1) is 0 Å². The fourth-order valence-corrected chi connectivity index (χ4v) is 1.76. The zero-order valence-electron chi connectivity index (χ0n) is 6.68. The maximum atomic E-state index is 5.48. The highest BCUT2D eigenvalue weighted by atomic mass is 14.5. The molecule has 0 aliphatic heterocycles. The molecular formula is C9H18N. The first kappa shape index (κ1) is 8.06. The van der Waals surface area contributed by atoms with E-state index < -0.39 is 0 Å². The van der Waals surface area contributed by atoms with Crippen LogP contribution in [0.3, 0.4) is 0 Å². The van der Waals surface area contributed by atoms with Crippen LogP contribution in [-0.2, 0) is 0 Å². The Morgan fingerprint density at radius 3 is 2.30 bits per heavy atom. The molecule has 0 heterocycles. The second-order valence-electron chi connectivity index (χ2n) is 3.46. The fourth-order valence-electron chi connectivity index (χ4n) is 1.76. The Hall–Kier alpha value is -0.0400. The van der Waals surface area contributed by atoms with E-state index in [-0.39, 0.29) is 0 Å². The molecule has 10 heavy (non-hydrogen) atoms. The minimum absolute atomic E-state index is 0.731. The Kier molecular flexibility index (Phi) is 3.20. The molecule has 1 aliphatic rings. The maximum absolute atomic E-state index is 5.48. The summed E-state index contributed by atoms with van der Waals surface area (Å²) >= 11 is 0. The average Bonchev–Trinajstić information content (AvgIpc) is 1.95. The van der Waals surface area contributed by atoms with Gasteiger partial charge in [0.25, 0.3) is 0 Å². The van der Waals surface area contributed by atoms with Crippen LogP contribution in [0.2, 0.25) is 0 Å². The van der Waals surface area contributed by atoms with Crippen LogP contribution in [0.5, 0.6) is 0 Å². The summed E-state index contributed by atoms with van der Waals surface area (Å²) in [6, 6.07) is 0. The molecule has 1 radical (unpaired) electrons. The Balaban J connectivity index is 2.13. The molecule has 0 saturated heterocycles. The molecule has 0 aromatic heterocycles. The van der Waals surface area contributed by atoms with E-state index in [4.69, 9.17) is 5.73 Å². The van der Waals surface area contributed by atoms with E-state index in [2.05, 4.69) is 6.92 Å². The lowest BCUT2D eigenvalue weighted by atomic mass is 9.81. The van der Waals surface area contributed by atoms with E-state index in [9.17, 15) is 0 Å². The molecule has 0 unspecified atom stereocenters. The van der Waals surface area contributed by atoms with Gasteiger partial charge >= 0.3 is 0 Å². The average molecular weight is 140 g/mol. The fraction of sp³-hybridized carbons (Fsp3) is 0.889. The molecule has 1 nitrogen and oxygen atoms in total. The molecule has 0 amide bonds. The van der Waals surface area contributed by atoms with Crippen LogP contribution >= 0.6 is 0 Å². The van der Waals surface area contributed by atoms with Crippen molar-refractivity contribution in [2.75, 3.05) is 6.54 Å². The van der Waals surface area contributed by atoms with E-state index in [1.807, 2.05) is 0 Å². The first-order chi connectivity index (χ1) is 4.83. The minimum atomic E-state index is 0.731. The summed E-state index contributed by atoms with van der Waals surface area (Å²) in [5, 5.41) is 0. The largest absolute Gasteiger partial charge is 0.330 e. The zero-order valence-corrected chi connectivity index (χ0v) is 6.68. The van der Waals surface area contributed by atoms with Gasteiger partial charge in [0.05, 0.1) is 0 Å². The summed E-state index contributed by atoms with van der Waals surface area (Å²) in [6.07, 6.45) is 6.61. The lowest BCUT2D eigenvalue weighted by molar-refractivity contribution is 0.297.